The number of aryl methyl sites for hydroxylation is 1. The lowest BCUT2D eigenvalue weighted by Gasteiger charge is -2.31. The molecule has 1 saturated heterocycles. The predicted molar refractivity (Wildman–Crippen MR) is 92.1 cm³/mol. The van der Waals surface area contributed by atoms with Crippen molar-refractivity contribution in [3.05, 3.63) is 52.9 Å². The summed E-state index contributed by atoms with van der Waals surface area (Å²) in [6.45, 7) is 1.14. The van der Waals surface area contributed by atoms with Crippen molar-refractivity contribution in [2.45, 2.75) is 44.9 Å². The molecule has 4 rings (SSSR count). The van der Waals surface area contributed by atoms with Gasteiger partial charge >= 0.3 is 6.03 Å². The largest absolute Gasteiger partial charge is 0.376 e. The first-order valence-electron chi connectivity index (χ1n) is 8.89. The molecule has 2 aromatic rings. The summed E-state index contributed by atoms with van der Waals surface area (Å²) >= 11 is 0. The smallest absolute Gasteiger partial charge is 0.324 e. The molecule has 1 fully saturated rings. The van der Waals surface area contributed by atoms with Gasteiger partial charge in [0.05, 0.1) is 19.8 Å². The standard InChI is InChI=1S/C19H21N3O4/c23-18-10-14(7-6-13-4-2-1-3-5-13)20-19(24)22(18)11-16-15-12-25-9-8-17(15)26-21-16/h1-5,14H,6-12H2,(H,20,24)/t14-/m1/s1. The van der Waals surface area contributed by atoms with E-state index in [4.69, 9.17) is 9.26 Å². The van der Waals surface area contributed by atoms with Gasteiger partial charge in [-0.05, 0) is 18.4 Å². The molecule has 1 N–H and O–H groups in total. The van der Waals surface area contributed by atoms with E-state index >= 15 is 0 Å². The van der Waals surface area contributed by atoms with E-state index < -0.39 is 0 Å². The van der Waals surface area contributed by atoms with Crippen molar-refractivity contribution >= 4 is 11.9 Å². The number of amides is 3. The molecule has 7 heteroatoms. The number of fused-ring (bicyclic) bond motifs is 1. The third kappa shape index (κ3) is 3.48. The first-order valence-corrected chi connectivity index (χ1v) is 8.89. The van der Waals surface area contributed by atoms with Gasteiger partial charge in [-0.25, -0.2) is 4.79 Å². The highest BCUT2D eigenvalue weighted by atomic mass is 16.5. The lowest BCUT2D eigenvalue weighted by atomic mass is 10.0. The molecule has 3 heterocycles. The van der Waals surface area contributed by atoms with Crippen LogP contribution >= 0.6 is 0 Å². The molecule has 0 radical (unpaired) electrons. The van der Waals surface area contributed by atoms with Gasteiger partial charge in [-0.1, -0.05) is 35.5 Å². The summed E-state index contributed by atoms with van der Waals surface area (Å²) in [5, 5.41) is 6.96. The molecule has 2 aliphatic heterocycles. The van der Waals surface area contributed by atoms with Crippen LogP contribution in [0, 0.1) is 0 Å². The molecule has 7 nitrogen and oxygen atoms in total. The number of ether oxygens (including phenoxy) is 1. The molecular weight excluding hydrogens is 334 g/mol. The van der Waals surface area contributed by atoms with Crippen LogP contribution in [-0.2, 0) is 35.5 Å². The maximum atomic E-state index is 12.5. The van der Waals surface area contributed by atoms with E-state index in [1.807, 2.05) is 18.2 Å². The Balaban J connectivity index is 1.37. The predicted octanol–water partition coefficient (Wildman–Crippen LogP) is 2.19. The molecular formula is C19H21N3O4. The molecule has 1 atom stereocenters. The molecule has 0 saturated carbocycles. The summed E-state index contributed by atoms with van der Waals surface area (Å²) in [5.41, 5.74) is 2.67. The second-order valence-electron chi connectivity index (χ2n) is 6.69. The van der Waals surface area contributed by atoms with Crippen molar-refractivity contribution < 1.29 is 18.8 Å². The van der Waals surface area contributed by atoms with Gasteiger partial charge < -0.3 is 14.6 Å². The van der Waals surface area contributed by atoms with Crippen LogP contribution in [0.25, 0.3) is 0 Å². The van der Waals surface area contributed by atoms with Gasteiger partial charge in [0, 0.05) is 24.4 Å². The third-order valence-corrected chi connectivity index (χ3v) is 4.90. The van der Waals surface area contributed by atoms with E-state index in [1.54, 1.807) is 0 Å². The summed E-state index contributed by atoms with van der Waals surface area (Å²) in [6.07, 6.45) is 2.54. The minimum atomic E-state index is -0.368. The van der Waals surface area contributed by atoms with Crippen LogP contribution in [0.15, 0.2) is 34.9 Å². The summed E-state index contributed by atoms with van der Waals surface area (Å²) in [4.78, 5) is 26.1. The summed E-state index contributed by atoms with van der Waals surface area (Å²) < 4.78 is 10.7. The van der Waals surface area contributed by atoms with E-state index in [9.17, 15) is 9.59 Å². The Morgan fingerprint density at radius 3 is 2.88 bits per heavy atom. The van der Waals surface area contributed by atoms with Gasteiger partial charge in [0.15, 0.2) is 0 Å². The fourth-order valence-corrected chi connectivity index (χ4v) is 3.41. The molecule has 3 amide bonds. The molecule has 0 aliphatic carbocycles. The molecule has 0 unspecified atom stereocenters. The Morgan fingerprint density at radius 2 is 2.08 bits per heavy atom. The van der Waals surface area contributed by atoms with Crippen molar-refractivity contribution in [1.82, 2.24) is 15.4 Å². The SMILES string of the molecule is O=C1C[C@@H](CCc2ccccc2)NC(=O)N1Cc1noc2c1COCC2. The number of benzene rings is 1. The normalized spacial score (nSPS) is 20.0. The van der Waals surface area contributed by atoms with E-state index in [2.05, 4.69) is 22.6 Å². The highest BCUT2D eigenvalue weighted by Gasteiger charge is 2.33. The Bertz CT molecular complexity index is 784. The second-order valence-corrected chi connectivity index (χ2v) is 6.69. The Kier molecular flexibility index (Phi) is 4.71. The van der Waals surface area contributed by atoms with Gasteiger partial charge in [0.25, 0.3) is 0 Å². The lowest BCUT2D eigenvalue weighted by Crippen LogP contribution is -2.54. The van der Waals surface area contributed by atoms with Crippen molar-refractivity contribution in [3.63, 3.8) is 0 Å². The highest BCUT2D eigenvalue weighted by molar-refractivity contribution is 5.97. The van der Waals surface area contributed by atoms with Crippen LogP contribution in [0.2, 0.25) is 0 Å². The van der Waals surface area contributed by atoms with Gasteiger partial charge in [0.2, 0.25) is 5.91 Å². The zero-order chi connectivity index (χ0) is 17.9. The number of rotatable bonds is 5. The van der Waals surface area contributed by atoms with Gasteiger partial charge in [-0.15, -0.1) is 0 Å². The van der Waals surface area contributed by atoms with Crippen LogP contribution in [0.1, 0.15) is 35.4 Å². The monoisotopic (exact) mass is 355 g/mol. The highest BCUT2D eigenvalue weighted by Crippen LogP contribution is 2.23. The number of nitrogens with one attached hydrogen (secondary N) is 1. The van der Waals surface area contributed by atoms with Crippen molar-refractivity contribution in [2.24, 2.45) is 0 Å². The quantitative estimate of drug-likeness (QED) is 0.889. The number of carbonyl (C=O) groups excluding carboxylic acids is 2. The third-order valence-electron chi connectivity index (χ3n) is 4.90. The number of nitrogens with zero attached hydrogens (tertiary/aromatic N) is 2. The Labute approximate surface area is 151 Å². The molecule has 26 heavy (non-hydrogen) atoms. The first-order chi connectivity index (χ1) is 12.7. The van der Waals surface area contributed by atoms with Crippen LogP contribution < -0.4 is 5.32 Å². The first kappa shape index (κ1) is 16.8. The molecule has 2 aliphatic rings. The average molecular weight is 355 g/mol. The Morgan fingerprint density at radius 1 is 1.23 bits per heavy atom. The van der Waals surface area contributed by atoms with Gasteiger partial charge in [-0.2, -0.15) is 0 Å². The molecule has 1 aromatic carbocycles. The topological polar surface area (TPSA) is 84.7 Å². The molecule has 136 valence electrons. The zero-order valence-electron chi connectivity index (χ0n) is 14.4. The second kappa shape index (κ2) is 7.29. The minimum Gasteiger partial charge on any atom is -0.376 e. The van der Waals surface area contributed by atoms with Crippen molar-refractivity contribution in [1.29, 1.82) is 0 Å². The van der Waals surface area contributed by atoms with E-state index in [-0.39, 0.29) is 24.5 Å². The number of hydrogen-bond acceptors (Lipinski definition) is 5. The fourth-order valence-electron chi connectivity index (χ4n) is 3.41. The molecule has 0 bridgehead atoms. The van der Waals surface area contributed by atoms with Crippen LogP contribution in [0.4, 0.5) is 4.79 Å². The van der Waals surface area contributed by atoms with Crippen LogP contribution in [0.3, 0.4) is 0 Å². The van der Waals surface area contributed by atoms with E-state index in [0.717, 1.165) is 24.2 Å². The number of aromatic nitrogens is 1. The lowest BCUT2D eigenvalue weighted by molar-refractivity contribution is -0.130. The minimum absolute atomic E-state index is 0.123. The number of carbonyl (C=O) groups is 2. The van der Waals surface area contributed by atoms with Crippen molar-refractivity contribution in [2.75, 3.05) is 6.61 Å². The summed E-state index contributed by atoms with van der Waals surface area (Å²) in [6, 6.07) is 9.55. The number of urea groups is 1. The van der Waals surface area contributed by atoms with Crippen LogP contribution in [-0.4, -0.2) is 34.6 Å². The average Bonchev–Trinajstić information content (AvgIpc) is 3.07. The Hall–Kier alpha value is -2.67. The van der Waals surface area contributed by atoms with E-state index in [1.165, 1.54) is 10.5 Å². The summed E-state index contributed by atoms with van der Waals surface area (Å²) in [7, 11) is 0. The number of hydrogen-bond donors (Lipinski definition) is 1. The zero-order valence-corrected chi connectivity index (χ0v) is 14.4. The maximum absolute atomic E-state index is 12.5. The number of imide groups is 1. The fraction of sp³-hybridized carbons (Fsp3) is 0.421. The molecule has 0 spiro atoms. The summed E-state index contributed by atoms with van der Waals surface area (Å²) in [5.74, 6) is 0.608. The molecule has 1 aromatic heterocycles. The van der Waals surface area contributed by atoms with Gasteiger partial charge in [-0.3, -0.25) is 9.69 Å². The van der Waals surface area contributed by atoms with Gasteiger partial charge in [0.1, 0.15) is 11.5 Å². The van der Waals surface area contributed by atoms with Crippen molar-refractivity contribution in [3.8, 4) is 0 Å². The van der Waals surface area contributed by atoms with E-state index in [0.29, 0.717) is 31.7 Å². The van der Waals surface area contributed by atoms with Crippen LogP contribution in [0.5, 0.6) is 0 Å². The maximum Gasteiger partial charge on any atom is 0.324 e.